The van der Waals surface area contributed by atoms with Crippen molar-refractivity contribution < 1.29 is 24.2 Å². The molecular weight excluding hydrogens is 262 g/mol. The third-order valence-electron chi connectivity index (χ3n) is 2.66. The van der Waals surface area contributed by atoms with Crippen LogP contribution in [0.2, 0.25) is 0 Å². The minimum absolute atomic E-state index is 0.232. The molecule has 0 saturated carbocycles. The zero-order valence-electron chi connectivity index (χ0n) is 11.1. The molecular formula is C14H16NO5-. The Morgan fingerprint density at radius 3 is 2.40 bits per heavy atom. The second-order valence-electron chi connectivity index (χ2n) is 4.20. The zero-order chi connectivity index (χ0) is 15.0. The van der Waals surface area contributed by atoms with E-state index in [4.69, 9.17) is 0 Å². The van der Waals surface area contributed by atoms with Crippen molar-refractivity contribution in [3.8, 4) is 0 Å². The summed E-state index contributed by atoms with van der Waals surface area (Å²) in [5, 5.41) is 12.8. The fourth-order valence-electron chi connectivity index (χ4n) is 1.67. The van der Waals surface area contributed by atoms with Gasteiger partial charge in [-0.25, -0.2) is 4.79 Å². The summed E-state index contributed by atoms with van der Waals surface area (Å²) in [6, 6.07) is 8.29. The molecule has 20 heavy (non-hydrogen) atoms. The monoisotopic (exact) mass is 278 g/mol. The SMILES string of the molecule is COC(=O)[C@H](Cc1ccccc1)NC(=O)CCC(=O)[O-]. The maximum atomic E-state index is 11.6. The first kappa shape index (κ1) is 15.7. The van der Waals surface area contributed by atoms with Crippen molar-refractivity contribution in [2.45, 2.75) is 25.3 Å². The minimum Gasteiger partial charge on any atom is -0.550 e. The summed E-state index contributed by atoms with van der Waals surface area (Å²) in [6.07, 6.45) is -0.333. The Bertz CT molecular complexity index is 472. The van der Waals surface area contributed by atoms with E-state index in [1.807, 2.05) is 30.3 Å². The van der Waals surface area contributed by atoms with E-state index in [1.54, 1.807) is 0 Å². The number of carboxylic acids is 1. The number of benzene rings is 1. The van der Waals surface area contributed by atoms with Crippen molar-refractivity contribution >= 4 is 17.8 Å². The largest absolute Gasteiger partial charge is 0.550 e. The summed E-state index contributed by atoms with van der Waals surface area (Å²) >= 11 is 0. The number of ether oxygens (including phenoxy) is 1. The summed E-state index contributed by atoms with van der Waals surface area (Å²) in [5.41, 5.74) is 0.864. The van der Waals surface area contributed by atoms with Gasteiger partial charge < -0.3 is 20.0 Å². The quantitative estimate of drug-likeness (QED) is 0.673. The molecule has 0 spiro atoms. The first-order chi connectivity index (χ1) is 9.52. The lowest BCUT2D eigenvalue weighted by molar-refractivity contribution is -0.305. The molecule has 0 aliphatic carbocycles. The van der Waals surface area contributed by atoms with Crippen LogP contribution in [0.25, 0.3) is 0 Å². The molecule has 0 aromatic heterocycles. The number of esters is 1. The van der Waals surface area contributed by atoms with Gasteiger partial charge in [0.15, 0.2) is 0 Å². The number of aliphatic carboxylic acids is 1. The number of nitrogens with one attached hydrogen (secondary N) is 1. The fourth-order valence-corrected chi connectivity index (χ4v) is 1.67. The predicted molar refractivity (Wildman–Crippen MR) is 68.3 cm³/mol. The van der Waals surface area contributed by atoms with E-state index in [9.17, 15) is 19.5 Å². The van der Waals surface area contributed by atoms with Gasteiger partial charge in [-0.2, -0.15) is 0 Å². The smallest absolute Gasteiger partial charge is 0.328 e. The molecule has 6 heteroatoms. The van der Waals surface area contributed by atoms with Gasteiger partial charge in [-0.1, -0.05) is 30.3 Å². The second-order valence-corrected chi connectivity index (χ2v) is 4.20. The minimum atomic E-state index is -1.31. The first-order valence-electron chi connectivity index (χ1n) is 6.14. The van der Waals surface area contributed by atoms with Crippen LogP contribution >= 0.6 is 0 Å². The Morgan fingerprint density at radius 1 is 1.20 bits per heavy atom. The van der Waals surface area contributed by atoms with Crippen LogP contribution < -0.4 is 10.4 Å². The van der Waals surface area contributed by atoms with Crippen LogP contribution in [0.3, 0.4) is 0 Å². The van der Waals surface area contributed by atoms with Gasteiger partial charge in [-0.15, -0.1) is 0 Å². The van der Waals surface area contributed by atoms with Crippen LogP contribution in [0.5, 0.6) is 0 Å². The Morgan fingerprint density at radius 2 is 1.85 bits per heavy atom. The molecule has 6 nitrogen and oxygen atoms in total. The number of carbonyl (C=O) groups excluding carboxylic acids is 3. The number of methoxy groups -OCH3 is 1. The van der Waals surface area contributed by atoms with Gasteiger partial charge >= 0.3 is 5.97 Å². The molecule has 0 fully saturated rings. The van der Waals surface area contributed by atoms with Gasteiger partial charge in [-0.3, -0.25) is 4.79 Å². The molecule has 0 aliphatic rings. The van der Waals surface area contributed by atoms with Crippen molar-refractivity contribution in [2.24, 2.45) is 0 Å². The predicted octanol–water partition coefficient (Wildman–Crippen LogP) is -0.583. The average molecular weight is 278 g/mol. The Labute approximate surface area is 116 Å². The van der Waals surface area contributed by atoms with Gasteiger partial charge in [0, 0.05) is 18.8 Å². The van der Waals surface area contributed by atoms with Crippen molar-refractivity contribution in [3.05, 3.63) is 35.9 Å². The van der Waals surface area contributed by atoms with Crippen LogP contribution in [0.15, 0.2) is 30.3 Å². The molecule has 1 rings (SSSR count). The van der Waals surface area contributed by atoms with Crippen molar-refractivity contribution in [3.63, 3.8) is 0 Å². The number of hydrogen-bond donors (Lipinski definition) is 1. The average Bonchev–Trinajstić information content (AvgIpc) is 2.44. The van der Waals surface area contributed by atoms with Crippen LogP contribution in [0.1, 0.15) is 18.4 Å². The molecule has 0 radical (unpaired) electrons. The summed E-state index contributed by atoms with van der Waals surface area (Å²) in [5.74, 6) is -2.41. The number of carboxylic acid groups (broad SMARTS) is 1. The van der Waals surface area contributed by atoms with Gasteiger partial charge in [-0.05, 0) is 12.0 Å². The topological polar surface area (TPSA) is 95.5 Å². The van der Waals surface area contributed by atoms with Crippen LogP contribution in [-0.4, -0.2) is 31.0 Å². The van der Waals surface area contributed by atoms with Gasteiger partial charge in [0.2, 0.25) is 5.91 Å². The molecule has 0 unspecified atom stereocenters. The van der Waals surface area contributed by atoms with Crippen molar-refractivity contribution in [2.75, 3.05) is 7.11 Å². The van der Waals surface area contributed by atoms with E-state index in [0.717, 1.165) is 5.56 Å². The zero-order valence-corrected chi connectivity index (χ0v) is 11.1. The second kappa shape index (κ2) is 7.93. The summed E-state index contributed by atoms with van der Waals surface area (Å²) in [6.45, 7) is 0. The Hall–Kier alpha value is -2.37. The number of amides is 1. The van der Waals surface area contributed by atoms with Crippen LogP contribution in [0.4, 0.5) is 0 Å². The first-order valence-corrected chi connectivity index (χ1v) is 6.14. The summed E-state index contributed by atoms with van der Waals surface area (Å²) in [7, 11) is 1.23. The summed E-state index contributed by atoms with van der Waals surface area (Å²) in [4.78, 5) is 33.5. The maximum absolute atomic E-state index is 11.6. The fraction of sp³-hybridized carbons (Fsp3) is 0.357. The third kappa shape index (κ3) is 5.51. The molecule has 1 aromatic carbocycles. The molecule has 108 valence electrons. The lowest BCUT2D eigenvalue weighted by atomic mass is 10.1. The van der Waals surface area contributed by atoms with E-state index in [-0.39, 0.29) is 19.3 Å². The van der Waals surface area contributed by atoms with Gasteiger partial charge in [0.05, 0.1) is 7.11 Å². The Kier molecular flexibility index (Phi) is 6.22. The molecule has 0 heterocycles. The van der Waals surface area contributed by atoms with Crippen molar-refractivity contribution in [1.29, 1.82) is 0 Å². The molecule has 1 aromatic rings. The van der Waals surface area contributed by atoms with Gasteiger partial charge in [0.25, 0.3) is 0 Å². The third-order valence-corrected chi connectivity index (χ3v) is 2.66. The Balaban J connectivity index is 2.63. The van der Waals surface area contributed by atoms with E-state index in [0.29, 0.717) is 0 Å². The van der Waals surface area contributed by atoms with E-state index in [2.05, 4.69) is 10.1 Å². The highest BCUT2D eigenvalue weighted by Crippen LogP contribution is 2.05. The number of carbonyl (C=O) groups is 3. The molecule has 1 amide bonds. The molecule has 1 atom stereocenters. The standard InChI is InChI=1S/C14H17NO5/c1-20-14(19)11(9-10-5-3-2-4-6-10)15-12(16)7-8-13(17)18/h2-6,11H,7-9H2,1H3,(H,15,16)(H,17,18)/p-1/t11-/m0/s1. The lowest BCUT2D eigenvalue weighted by Gasteiger charge is -2.16. The molecule has 0 aliphatic heterocycles. The molecule has 0 bridgehead atoms. The molecule has 1 N–H and O–H groups in total. The highest BCUT2D eigenvalue weighted by Gasteiger charge is 2.21. The van der Waals surface area contributed by atoms with Gasteiger partial charge in [0.1, 0.15) is 6.04 Å². The highest BCUT2D eigenvalue weighted by atomic mass is 16.5. The maximum Gasteiger partial charge on any atom is 0.328 e. The van der Waals surface area contributed by atoms with Crippen molar-refractivity contribution in [1.82, 2.24) is 5.32 Å². The number of rotatable bonds is 7. The van der Waals surface area contributed by atoms with E-state index in [1.165, 1.54) is 7.11 Å². The van der Waals surface area contributed by atoms with Crippen LogP contribution in [-0.2, 0) is 25.5 Å². The normalized spacial score (nSPS) is 11.4. The number of hydrogen-bond acceptors (Lipinski definition) is 5. The van der Waals surface area contributed by atoms with Crippen LogP contribution in [0, 0.1) is 0 Å². The van der Waals surface area contributed by atoms with E-state index >= 15 is 0 Å². The van der Waals surface area contributed by atoms with E-state index < -0.39 is 23.9 Å². The lowest BCUT2D eigenvalue weighted by Crippen LogP contribution is -2.43. The summed E-state index contributed by atoms with van der Waals surface area (Å²) < 4.78 is 4.63. The molecule has 0 saturated heterocycles. The highest BCUT2D eigenvalue weighted by molar-refractivity contribution is 5.86.